The van der Waals surface area contributed by atoms with Crippen LogP contribution in [0.2, 0.25) is 0 Å². The number of hydrogen-bond donors (Lipinski definition) is 2. The third kappa shape index (κ3) is 2.97. The van der Waals surface area contributed by atoms with E-state index in [9.17, 15) is 4.79 Å². The number of esters is 1. The van der Waals surface area contributed by atoms with Gasteiger partial charge in [-0.1, -0.05) is 0 Å². The largest absolute Gasteiger partial charge is 0.465 e. The van der Waals surface area contributed by atoms with Crippen molar-refractivity contribution in [1.29, 1.82) is 0 Å². The zero-order chi connectivity index (χ0) is 8.27. The summed E-state index contributed by atoms with van der Waals surface area (Å²) >= 11 is 0. The minimum atomic E-state index is -0.399. The molecule has 72 valence electrons. The number of rotatable bonds is 2. The van der Waals surface area contributed by atoms with Gasteiger partial charge in [0.15, 0.2) is 0 Å². The smallest absolute Gasteiger partial charge is 0.323 e. The molecule has 12 heavy (non-hydrogen) atoms. The quantitative estimate of drug-likeness (QED) is 0.594. The molecule has 1 aliphatic rings. The molecule has 0 spiro atoms. The summed E-state index contributed by atoms with van der Waals surface area (Å²) < 4.78 is 4.76. The van der Waals surface area contributed by atoms with Gasteiger partial charge in [0.1, 0.15) is 6.04 Å². The van der Waals surface area contributed by atoms with Crippen LogP contribution in [-0.2, 0) is 9.53 Å². The van der Waals surface area contributed by atoms with E-state index in [2.05, 4.69) is 5.32 Å². The van der Waals surface area contributed by atoms with E-state index in [0.29, 0.717) is 19.6 Å². The maximum absolute atomic E-state index is 11.0. The third-order valence-corrected chi connectivity index (χ3v) is 1.68. The minimum Gasteiger partial charge on any atom is -0.465 e. The van der Waals surface area contributed by atoms with Gasteiger partial charge in [0, 0.05) is 13.0 Å². The van der Waals surface area contributed by atoms with E-state index in [1.807, 2.05) is 0 Å². The Morgan fingerprint density at radius 2 is 2.42 bits per heavy atom. The lowest BCUT2D eigenvalue weighted by atomic mass is 10.2. The molecular formula is C7H14ClNO3. The van der Waals surface area contributed by atoms with Crippen LogP contribution in [0, 0.1) is 0 Å². The number of halogens is 1. The van der Waals surface area contributed by atoms with E-state index in [4.69, 9.17) is 9.84 Å². The predicted molar refractivity (Wildman–Crippen MR) is 46.3 cm³/mol. The number of aliphatic hydroxyl groups is 1. The van der Waals surface area contributed by atoms with E-state index < -0.39 is 6.10 Å². The van der Waals surface area contributed by atoms with Gasteiger partial charge >= 0.3 is 5.97 Å². The molecule has 5 heteroatoms. The van der Waals surface area contributed by atoms with Crippen molar-refractivity contribution in [2.75, 3.05) is 13.2 Å². The van der Waals surface area contributed by atoms with E-state index in [1.165, 1.54) is 0 Å². The number of hydrogen-bond acceptors (Lipinski definition) is 4. The molecule has 4 nitrogen and oxygen atoms in total. The first-order chi connectivity index (χ1) is 5.24. The molecule has 0 amide bonds. The van der Waals surface area contributed by atoms with Gasteiger partial charge in [-0.15, -0.1) is 12.4 Å². The topological polar surface area (TPSA) is 58.6 Å². The second kappa shape index (κ2) is 5.35. The number of carbonyl (C=O) groups is 1. The highest BCUT2D eigenvalue weighted by Gasteiger charge is 2.28. The Balaban J connectivity index is 0.00000121. The molecule has 2 N–H and O–H groups in total. The summed E-state index contributed by atoms with van der Waals surface area (Å²) in [4.78, 5) is 11.0. The normalized spacial score (nSPS) is 27.8. The fourth-order valence-electron chi connectivity index (χ4n) is 1.14. The highest BCUT2D eigenvalue weighted by Crippen LogP contribution is 2.07. The van der Waals surface area contributed by atoms with Crippen molar-refractivity contribution < 1.29 is 14.6 Å². The fourth-order valence-corrected chi connectivity index (χ4v) is 1.14. The van der Waals surface area contributed by atoms with Gasteiger partial charge in [0.05, 0.1) is 12.7 Å². The van der Waals surface area contributed by atoms with Crippen molar-refractivity contribution in [1.82, 2.24) is 5.32 Å². The Labute approximate surface area is 77.7 Å². The molecule has 0 aromatic heterocycles. The van der Waals surface area contributed by atoms with Gasteiger partial charge in [-0.2, -0.15) is 0 Å². The molecule has 0 saturated carbocycles. The van der Waals surface area contributed by atoms with Gasteiger partial charge in [-0.05, 0) is 6.92 Å². The number of nitrogens with one attached hydrogen (secondary N) is 1. The second-order valence-electron chi connectivity index (χ2n) is 2.60. The molecule has 1 fully saturated rings. The molecule has 1 heterocycles. The van der Waals surface area contributed by atoms with Crippen LogP contribution < -0.4 is 5.32 Å². The van der Waals surface area contributed by atoms with Crippen molar-refractivity contribution >= 4 is 18.4 Å². The Hall–Kier alpha value is -0.320. The summed E-state index contributed by atoms with van der Waals surface area (Å²) in [6.07, 6.45) is 0.0724. The molecular weight excluding hydrogens is 182 g/mol. The van der Waals surface area contributed by atoms with E-state index in [1.54, 1.807) is 6.92 Å². The summed E-state index contributed by atoms with van der Waals surface area (Å²) in [6.45, 7) is 2.65. The first-order valence-corrected chi connectivity index (χ1v) is 3.82. The lowest BCUT2D eigenvalue weighted by Gasteiger charge is -2.07. The predicted octanol–water partition coefficient (Wildman–Crippen LogP) is -0.306. The Kier molecular flexibility index (Phi) is 5.20. The molecule has 2 atom stereocenters. The maximum Gasteiger partial charge on any atom is 0.323 e. The zero-order valence-corrected chi connectivity index (χ0v) is 7.76. The molecule has 0 bridgehead atoms. The van der Waals surface area contributed by atoms with E-state index in [-0.39, 0.29) is 24.4 Å². The number of carbonyl (C=O) groups excluding carboxylic acids is 1. The highest BCUT2D eigenvalue weighted by molar-refractivity contribution is 5.85. The van der Waals surface area contributed by atoms with E-state index >= 15 is 0 Å². The Morgan fingerprint density at radius 1 is 1.75 bits per heavy atom. The average Bonchev–Trinajstić information content (AvgIpc) is 2.36. The van der Waals surface area contributed by atoms with Crippen LogP contribution in [0.15, 0.2) is 0 Å². The second-order valence-corrected chi connectivity index (χ2v) is 2.60. The fraction of sp³-hybridized carbons (Fsp3) is 0.857. The number of β-amino-alcohol motifs (C(OH)–C–C–N with tert-alkyl or cyclic N) is 1. The first kappa shape index (κ1) is 11.7. The monoisotopic (exact) mass is 195 g/mol. The number of aliphatic hydroxyl groups excluding tert-OH is 1. The molecule has 1 saturated heterocycles. The van der Waals surface area contributed by atoms with Gasteiger partial charge in [0.25, 0.3) is 0 Å². The summed E-state index contributed by atoms with van der Waals surface area (Å²) in [5.74, 6) is -0.260. The van der Waals surface area contributed by atoms with Crippen LogP contribution in [0.4, 0.5) is 0 Å². The minimum absolute atomic E-state index is 0. The van der Waals surface area contributed by atoms with Crippen molar-refractivity contribution in [2.24, 2.45) is 0 Å². The number of ether oxygens (including phenoxy) is 1. The average molecular weight is 196 g/mol. The van der Waals surface area contributed by atoms with Crippen LogP contribution >= 0.6 is 12.4 Å². The van der Waals surface area contributed by atoms with Gasteiger partial charge in [0.2, 0.25) is 0 Å². The first-order valence-electron chi connectivity index (χ1n) is 3.82. The SMILES string of the molecule is CCOC(=O)[C@@H]1CC(O)CN1.Cl. The summed E-state index contributed by atoms with van der Waals surface area (Å²) in [5, 5.41) is 11.9. The maximum atomic E-state index is 11.0. The van der Waals surface area contributed by atoms with Crippen LogP contribution in [-0.4, -0.2) is 36.4 Å². The van der Waals surface area contributed by atoms with Gasteiger partial charge in [-0.25, -0.2) is 0 Å². The van der Waals surface area contributed by atoms with Crippen molar-refractivity contribution in [2.45, 2.75) is 25.5 Å². The van der Waals surface area contributed by atoms with Crippen LogP contribution in [0.25, 0.3) is 0 Å². The van der Waals surface area contributed by atoms with Crippen molar-refractivity contribution in [3.8, 4) is 0 Å². The van der Waals surface area contributed by atoms with Crippen molar-refractivity contribution in [3.63, 3.8) is 0 Å². The molecule has 0 aliphatic carbocycles. The van der Waals surface area contributed by atoms with Crippen LogP contribution in [0.1, 0.15) is 13.3 Å². The van der Waals surface area contributed by atoms with Gasteiger partial charge in [-0.3, -0.25) is 4.79 Å². The molecule has 0 aromatic rings. The third-order valence-electron chi connectivity index (χ3n) is 1.68. The van der Waals surface area contributed by atoms with Gasteiger partial charge < -0.3 is 15.2 Å². The molecule has 1 rings (SSSR count). The lowest BCUT2D eigenvalue weighted by Crippen LogP contribution is -2.32. The van der Waals surface area contributed by atoms with Crippen LogP contribution in [0.5, 0.6) is 0 Å². The molecule has 0 radical (unpaired) electrons. The summed E-state index contributed by atoms with van der Waals surface area (Å²) in [7, 11) is 0. The Morgan fingerprint density at radius 3 is 2.83 bits per heavy atom. The molecule has 1 unspecified atom stereocenters. The molecule has 0 aromatic carbocycles. The standard InChI is InChI=1S/C7H13NO3.ClH/c1-2-11-7(10)6-3-5(9)4-8-6;/h5-6,8-9H,2-4H2,1H3;1H/t5?,6-;/m0./s1. The molecule has 1 aliphatic heterocycles. The zero-order valence-electron chi connectivity index (χ0n) is 6.95. The summed E-state index contributed by atoms with van der Waals surface area (Å²) in [5.41, 5.74) is 0. The highest BCUT2D eigenvalue weighted by atomic mass is 35.5. The Bertz CT molecular complexity index is 154. The summed E-state index contributed by atoms with van der Waals surface area (Å²) in [6, 6.07) is -0.301. The van der Waals surface area contributed by atoms with E-state index in [0.717, 1.165) is 0 Å². The lowest BCUT2D eigenvalue weighted by molar-refractivity contribution is -0.145. The van der Waals surface area contributed by atoms with Crippen LogP contribution in [0.3, 0.4) is 0 Å². The van der Waals surface area contributed by atoms with Crippen molar-refractivity contribution in [3.05, 3.63) is 0 Å².